The summed E-state index contributed by atoms with van der Waals surface area (Å²) in [6.07, 6.45) is 0. The number of hydrogen-bond acceptors (Lipinski definition) is 3. The Hall–Kier alpha value is -1.71. The van der Waals surface area contributed by atoms with E-state index < -0.39 is 0 Å². The zero-order chi connectivity index (χ0) is 14.2. The lowest BCUT2D eigenvalue weighted by atomic mass is 10.2. The molecule has 0 unspecified atom stereocenters. The Balaban J connectivity index is 1.85. The second-order valence-corrected chi connectivity index (χ2v) is 4.48. The quantitative estimate of drug-likeness (QED) is 0.439. The molecule has 0 aromatic heterocycles. The zero-order valence-corrected chi connectivity index (χ0v) is 12.1. The highest BCUT2D eigenvalue weighted by Crippen LogP contribution is 2.28. The molecule has 0 atom stereocenters. The first kappa shape index (κ1) is 14.7. The SMILES string of the molecule is COc1cc(CCl)ccc1OCOCc1ccccc1. The average Bonchev–Trinajstić information content (AvgIpc) is 2.52. The van der Waals surface area contributed by atoms with Gasteiger partial charge in [0.25, 0.3) is 0 Å². The van der Waals surface area contributed by atoms with Gasteiger partial charge < -0.3 is 14.2 Å². The summed E-state index contributed by atoms with van der Waals surface area (Å²) in [5.41, 5.74) is 2.10. The topological polar surface area (TPSA) is 27.7 Å². The molecule has 0 radical (unpaired) electrons. The molecule has 0 spiro atoms. The van der Waals surface area contributed by atoms with E-state index in [1.54, 1.807) is 7.11 Å². The van der Waals surface area contributed by atoms with Gasteiger partial charge in [-0.3, -0.25) is 0 Å². The number of halogens is 1. The molecule has 0 aliphatic heterocycles. The smallest absolute Gasteiger partial charge is 0.189 e. The van der Waals surface area contributed by atoms with Crippen LogP contribution in [0.3, 0.4) is 0 Å². The molecule has 4 heteroatoms. The third kappa shape index (κ3) is 4.15. The molecule has 0 aliphatic carbocycles. The molecule has 2 aromatic carbocycles. The van der Waals surface area contributed by atoms with Crippen molar-refractivity contribution in [3.63, 3.8) is 0 Å². The zero-order valence-electron chi connectivity index (χ0n) is 11.3. The molecule has 0 N–H and O–H groups in total. The number of ether oxygens (including phenoxy) is 3. The van der Waals surface area contributed by atoms with Gasteiger partial charge in [0.05, 0.1) is 13.7 Å². The summed E-state index contributed by atoms with van der Waals surface area (Å²) in [6, 6.07) is 15.6. The van der Waals surface area contributed by atoms with Gasteiger partial charge in [0.15, 0.2) is 18.3 Å². The first-order valence-corrected chi connectivity index (χ1v) is 6.84. The number of rotatable bonds is 7. The highest BCUT2D eigenvalue weighted by Gasteiger charge is 2.05. The lowest BCUT2D eigenvalue weighted by Crippen LogP contribution is -2.04. The molecule has 3 nitrogen and oxygen atoms in total. The van der Waals surface area contributed by atoms with Gasteiger partial charge in [-0.25, -0.2) is 0 Å². The van der Waals surface area contributed by atoms with Crippen LogP contribution in [0.4, 0.5) is 0 Å². The summed E-state index contributed by atoms with van der Waals surface area (Å²) < 4.78 is 16.3. The van der Waals surface area contributed by atoms with E-state index in [-0.39, 0.29) is 6.79 Å². The Morgan fingerprint density at radius 2 is 1.75 bits per heavy atom. The molecule has 0 fully saturated rings. The number of benzene rings is 2. The maximum absolute atomic E-state index is 5.78. The second kappa shape index (κ2) is 7.78. The van der Waals surface area contributed by atoms with Crippen molar-refractivity contribution in [2.24, 2.45) is 0 Å². The normalized spacial score (nSPS) is 10.3. The van der Waals surface area contributed by atoms with E-state index in [0.717, 1.165) is 11.1 Å². The fourth-order valence-corrected chi connectivity index (χ4v) is 1.92. The monoisotopic (exact) mass is 292 g/mol. The summed E-state index contributed by atoms with van der Waals surface area (Å²) in [7, 11) is 1.60. The predicted octanol–water partition coefficient (Wildman–Crippen LogP) is 3.99. The van der Waals surface area contributed by atoms with Crippen molar-refractivity contribution in [2.45, 2.75) is 12.5 Å². The van der Waals surface area contributed by atoms with Crippen LogP contribution in [0.1, 0.15) is 11.1 Å². The Morgan fingerprint density at radius 1 is 0.950 bits per heavy atom. The van der Waals surface area contributed by atoms with Crippen LogP contribution < -0.4 is 9.47 Å². The number of methoxy groups -OCH3 is 1. The van der Waals surface area contributed by atoms with Crippen molar-refractivity contribution < 1.29 is 14.2 Å². The van der Waals surface area contributed by atoms with Crippen LogP contribution in [0.25, 0.3) is 0 Å². The van der Waals surface area contributed by atoms with Crippen LogP contribution in [0.5, 0.6) is 11.5 Å². The Bertz CT molecular complexity index is 529. The van der Waals surface area contributed by atoms with Gasteiger partial charge >= 0.3 is 0 Å². The fraction of sp³-hybridized carbons (Fsp3) is 0.250. The predicted molar refractivity (Wildman–Crippen MR) is 79.3 cm³/mol. The molecule has 0 bridgehead atoms. The van der Waals surface area contributed by atoms with Gasteiger partial charge in [-0.1, -0.05) is 36.4 Å². The van der Waals surface area contributed by atoms with Crippen molar-refractivity contribution in [2.75, 3.05) is 13.9 Å². The number of alkyl halides is 1. The standard InChI is InChI=1S/C16H17ClO3/c1-18-16-9-14(10-17)7-8-15(16)20-12-19-11-13-5-3-2-4-6-13/h2-9H,10-12H2,1H3. The molecule has 2 rings (SSSR count). The van der Waals surface area contributed by atoms with Crippen LogP contribution in [-0.4, -0.2) is 13.9 Å². The third-order valence-electron chi connectivity index (χ3n) is 2.79. The van der Waals surface area contributed by atoms with Gasteiger partial charge in [-0.15, -0.1) is 11.6 Å². The Morgan fingerprint density at radius 3 is 2.45 bits per heavy atom. The molecule has 0 amide bonds. The van der Waals surface area contributed by atoms with Gasteiger partial charge in [0, 0.05) is 5.88 Å². The summed E-state index contributed by atoms with van der Waals surface area (Å²) in [5.74, 6) is 1.75. The summed E-state index contributed by atoms with van der Waals surface area (Å²) in [4.78, 5) is 0. The van der Waals surface area contributed by atoms with Crippen molar-refractivity contribution in [1.82, 2.24) is 0 Å². The van der Waals surface area contributed by atoms with Gasteiger partial charge in [-0.05, 0) is 23.3 Å². The van der Waals surface area contributed by atoms with Gasteiger partial charge in [-0.2, -0.15) is 0 Å². The molecule has 20 heavy (non-hydrogen) atoms. The summed E-state index contributed by atoms with van der Waals surface area (Å²) >= 11 is 5.78. The Kier molecular flexibility index (Phi) is 5.71. The lowest BCUT2D eigenvalue weighted by molar-refractivity contribution is 0.00375. The third-order valence-corrected chi connectivity index (χ3v) is 3.10. The van der Waals surface area contributed by atoms with E-state index in [2.05, 4.69) is 0 Å². The maximum atomic E-state index is 5.78. The van der Waals surface area contributed by atoms with E-state index in [4.69, 9.17) is 25.8 Å². The fourth-order valence-electron chi connectivity index (χ4n) is 1.75. The summed E-state index contributed by atoms with van der Waals surface area (Å²) in [6.45, 7) is 0.689. The molecular formula is C16H17ClO3. The van der Waals surface area contributed by atoms with E-state index in [9.17, 15) is 0 Å². The van der Waals surface area contributed by atoms with Crippen LogP contribution in [-0.2, 0) is 17.2 Å². The van der Waals surface area contributed by atoms with Crippen molar-refractivity contribution in [3.8, 4) is 11.5 Å². The maximum Gasteiger partial charge on any atom is 0.189 e. The van der Waals surface area contributed by atoms with E-state index in [1.807, 2.05) is 48.5 Å². The highest BCUT2D eigenvalue weighted by atomic mass is 35.5. The molecule has 0 aliphatic rings. The largest absolute Gasteiger partial charge is 0.493 e. The van der Waals surface area contributed by atoms with Crippen LogP contribution >= 0.6 is 11.6 Å². The average molecular weight is 293 g/mol. The molecule has 0 saturated carbocycles. The molecular weight excluding hydrogens is 276 g/mol. The van der Waals surface area contributed by atoms with Crippen LogP contribution in [0, 0.1) is 0 Å². The highest BCUT2D eigenvalue weighted by molar-refractivity contribution is 6.17. The van der Waals surface area contributed by atoms with Crippen molar-refractivity contribution in [3.05, 3.63) is 59.7 Å². The van der Waals surface area contributed by atoms with E-state index in [1.165, 1.54) is 0 Å². The minimum Gasteiger partial charge on any atom is -0.493 e. The molecule has 0 heterocycles. The molecule has 106 valence electrons. The van der Waals surface area contributed by atoms with Gasteiger partial charge in [0.1, 0.15) is 0 Å². The van der Waals surface area contributed by atoms with E-state index in [0.29, 0.717) is 24.0 Å². The van der Waals surface area contributed by atoms with Crippen LogP contribution in [0.2, 0.25) is 0 Å². The van der Waals surface area contributed by atoms with E-state index >= 15 is 0 Å². The lowest BCUT2D eigenvalue weighted by Gasteiger charge is -2.11. The first-order valence-electron chi connectivity index (χ1n) is 6.31. The summed E-state index contributed by atoms with van der Waals surface area (Å²) in [5, 5.41) is 0. The minimum absolute atomic E-state index is 0.172. The second-order valence-electron chi connectivity index (χ2n) is 4.22. The van der Waals surface area contributed by atoms with Crippen molar-refractivity contribution >= 4 is 11.6 Å². The van der Waals surface area contributed by atoms with Crippen LogP contribution in [0.15, 0.2) is 48.5 Å². The molecule has 2 aromatic rings. The van der Waals surface area contributed by atoms with Crippen molar-refractivity contribution in [1.29, 1.82) is 0 Å². The molecule has 0 saturated heterocycles. The van der Waals surface area contributed by atoms with Gasteiger partial charge in [0.2, 0.25) is 0 Å². The number of hydrogen-bond donors (Lipinski definition) is 0. The Labute approximate surface area is 124 Å². The first-order chi connectivity index (χ1) is 9.83. The minimum atomic E-state index is 0.172.